The molecule has 2 unspecified atom stereocenters. The minimum absolute atomic E-state index is 0.0371. The Balaban J connectivity index is 2.07. The van der Waals surface area contributed by atoms with Crippen LogP contribution in [0.2, 0.25) is 0 Å². The van der Waals surface area contributed by atoms with Crippen LogP contribution >= 0.6 is 11.8 Å². The zero-order valence-electron chi connectivity index (χ0n) is 11.7. The van der Waals surface area contributed by atoms with Crippen molar-refractivity contribution in [1.82, 2.24) is 14.8 Å². The predicted octanol–water partition coefficient (Wildman–Crippen LogP) is 1.77. The number of nitrogens with zero attached hydrogens (tertiary/aromatic N) is 3. The van der Waals surface area contributed by atoms with Gasteiger partial charge in [-0.1, -0.05) is 31.5 Å². The molecule has 0 radical (unpaired) electrons. The van der Waals surface area contributed by atoms with Crippen molar-refractivity contribution in [1.29, 1.82) is 0 Å². The van der Waals surface area contributed by atoms with E-state index in [1.165, 1.54) is 25.7 Å². The van der Waals surface area contributed by atoms with Crippen LogP contribution in [0.1, 0.15) is 38.4 Å². The first kappa shape index (κ1) is 15.3. The van der Waals surface area contributed by atoms with Gasteiger partial charge in [0.15, 0.2) is 11.0 Å². The Hall–Kier alpha value is -1.08. The van der Waals surface area contributed by atoms with Crippen molar-refractivity contribution in [3.8, 4) is 0 Å². The highest BCUT2D eigenvalue weighted by Crippen LogP contribution is 2.31. The minimum atomic E-state index is -0.874. The van der Waals surface area contributed by atoms with Crippen LogP contribution in [-0.2, 0) is 17.9 Å². The van der Waals surface area contributed by atoms with Crippen molar-refractivity contribution >= 4 is 17.7 Å². The number of carboxylic acid groups (broad SMARTS) is 1. The minimum Gasteiger partial charge on any atom is -0.481 e. The number of hydrogen-bond acceptors (Lipinski definition) is 5. The monoisotopic (exact) mass is 299 g/mol. The number of hydrogen-bond donors (Lipinski definition) is 2. The highest BCUT2D eigenvalue weighted by molar-refractivity contribution is 7.99. The molecule has 1 heterocycles. The average Bonchev–Trinajstić information content (AvgIpc) is 2.78. The van der Waals surface area contributed by atoms with Gasteiger partial charge in [-0.2, -0.15) is 0 Å². The van der Waals surface area contributed by atoms with Crippen LogP contribution < -0.4 is 0 Å². The normalized spacial score (nSPS) is 22.9. The lowest BCUT2D eigenvalue weighted by Crippen LogP contribution is -2.20. The molecule has 2 atom stereocenters. The largest absolute Gasteiger partial charge is 0.481 e. The molecule has 1 aromatic heterocycles. The van der Waals surface area contributed by atoms with Gasteiger partial charge in [-0.05, 0) is 24.7 Å². The van der Waals surface area contributed by atoms with Crippen LogP contribution in [0.15, 0.2) is 5.16 Å². The number of carboxylic acids is 1. The SMILES string of the molecule is CC1CCCC(Cn2c(CO)nnc2SCC(=O)O)C1. The fourth-order valence-corrected chi connectivity index (χ4v) is 3.52. The first-order chi connectivity index (χ1) is 9.60. The summed E-state index contributed by atoms with van der Waals surface area (Å²) in [5.74, 6) is 0.907. The van der Waals surface area contributed by atoms with Gasteiger partial charge in [0, 0.05) is 6.54 Å². The van der Waals surface area contributed by atoms with E-state index in [-0.39, 0.29) is 12.4 Å². The molecule has 0 spiro atoms. The van der Waals surface area contributed by atoms with E-state index in [0.29, 0.717) is 16.9 Å². The predicted molar refractivity (Wildman–Crippen MR) is 75.4 cm³/mol. The molecule has 1 aliphatic rings. The van der Waals surface area contributed by atoms with Crippen LogP contribution in [0.4, 0.5) is 0 Å². The Kier molecular flexibility index (Phi) is 5.42. The van der Waals surface area contributed by atoms with Crippen molar-refractivity contribution in [2.45, 2.75) is 50.9 Å². The van der Waals surface area contributed by atoms with Crippen LogP contribution in [0.25, 0.3) is 0 Å². The highest BCUT2D eigenvalue weighted by Gasteiger charge is 2.22. The molecule has 2 N–H and O–H groups in total. The number of aliphatic hydroxyl groups excluding tert-OH is 1. The number of aromatic nitrogens is 3. The van der Waals surface area contributed by atoms with Gasteiger partial charge >= 0.3 is 5.97 Å². The molecule has 1 aromatic rings. The Morgan fingerprint density at radius 2 is 2.25 bits per heavy atom. The summed E-state index contributed by atoms with van der Waals surface area (Å²) in [5.41, 5.74) is 0. The number of carbonyl (C=O) groups is 1. The van der Waals surface area contributed by atoms with Crippen LogP contribution in [0, 0.1) is 11.8 Å². The second-order valence-electron chi connectivity index (χ2n) is 5.49. The van der Waals surface area contributed by atoms with E-state index >= 15 is 0 Å². The maximum atomic E-state index is 10.7. The lowest BCUT2D eigenvalue weighted by molar-refractivity contribution is -0.133. The van der Waals surface area contributed by atoms with Gasteiger partial charge in [0.1, 0.15) is 6.61 Å². The van der Waals surface area contributed by atoms with Crippen LogP contribution in [0.3, 0.4) is 0 Å². The molecule has 0 aromatic carbocycles. The summed E-state index contributed by atoms with van der Waals surface area (Å²) >= 11 is 1.16. The number of aliphatic hydroxyl groups is 1. The fourth-order valence-electron chi connectivity index (χ4n) is 2.84. The Labute approximate surface area is 122 Å². The van der Waals surface area contributed by atoms with E-state index < -0.39 is 5.97 Å². The maximum Gasteiger partial charge on any atom is 0.313 e. The zero-order valence-corrected chi connectivity index (χ0v) is 12.5. The molecule has 0 bridgehead atoms. The summed E-state index contributed by atoms with van der Waals surface area (Å²) in [6, 6.07) is 0. The number of thioether (sulfide) groups is 1. The molecule has 1 saturated carbocycles. The van der Waals surface area contributed by atoms with Gasteiger partial charge in [-0.15, -0.1) is 10.2 Å². The number of rotatable bonds is 6. The topological polar surface area (TPSA) is 88.2 Å². The quantitative estimate of drug-likeness (QED) is 0.778. The molecule has 6 nitrogen and oxygen atoms in total. The zero-order chi connectivity index (χ0) is 14.5. The van der Waals surface area contributed by atoms with E-state index in [2.05, 4.69) is 17.1 Å². The summed E-state index contributed by atoms with van der Waals surface area (Å²) in [4.78, 5) is 10.7. The molecule has 0 saturated heterocycles. The maximum absolute atomic E-state index is 10.7. The molecule has 1 fully saturated rings. The van der Waals surface area contributed by atoms with E-state index in [4.69, 9.17) is 5.11 Å². The van der Waals surface area contributed by atoms with Crippen molar-refractivity contribution in [3.05, 3.63) is 5.82 Å². The van der Waals surface area contributed by atoms with Crippen LogP contribution in [0.5, 0.6) is 0 Å². The third kappa shape index (κ3) is 3.96. The smallest absolute Gasteiger partial charge is 0.313 e. The molecule has 112 valence electrons. The standard InChI is InChI=1S/C13H21N3O3S/c1-9-3-2-4-10(5-9)6-16-11(7-17)14-15-13(16)20-8-12(18)19/h9-10,17H,2-8H2,1H3,(H,18,19). The third-order valence-corrected chi connectivity index (χ3v) is 4.70. The first-order valence-corrected chi connectivity index (χ1v) is 7.96. The summed E-state index contributed by atoms with van der Waals surface area (Å²) in [7, 11) is 0. The summed E-state index contributed by atoms with van der Waals surface area (Å²) in [5, 5.41) is 26.6. The molecule has 0 aliphatic heterocycles. The summed E-state index contributed by atoms with van der Waals surface area (Å²) < 4.78 is 1.89. The van der Waals surface area contributed by atoms with Crippen molar-refractivity contribution < 1.29 is 15.0 Å². The van der Waals surface area contributed by atoms with E-state index in [1.807, 2.05) is 4.57 Å². The van der Waals surface area contributed by atoms with Crippen LogP contribution in [-0.4, -0.2) is 36.7 Å². The van der Waals surface area contributed by atoms with Crippen molar-refractivity contribution in [3.63, 3.8) is 0 Å². The second-order valence-corrected chi connectivity index (χ2v) is 6.43. The van der Waals surface area contributed by atoms with Gasteiger partial charge in [-0.25, -0.2) is 0 Å². The Morgan fingerprint density at radius 1 is 1.45 bits per heavy atom. The summed E-state index contributed by atoms with van der Waals surface area (Å²) in [6.07, 6.45) is 4.87. The third-order valence-electron chi connectivity index (χ3n) is 3.75. The molecule has 20 heavy (non-hydrogen) atoms. The van der Waals surface area contributed by atoms with Gasteiger partial charge in [-0.3, -0.25) is 4.79 Å². The first-order valence-electron chi connectivity index (χ1n) is 6.97. The van der Waals surface area contributed by atoms with E-state index in [9.17, 15) is 9.90 Å². The fraction of sp³-hybridized carbons (Fsp3) is 0.769. The molecule has 7 heteroatoms. The molecule has 2 rings (SSSR count). The van der Waals surface area contributed by atoms with Gasteiger partial charge in [0.05, 0.1) is 5.75 Å². The highest BCUT2D eigenvalue weighted by atomic mass is 32.2. The van der Waals surface area contributed by atoms with Gasteiger partial charge in [0.2, 0.25) is 0 Å². The van der Waals surface area contributed by atoms with E-state index in [0.717, 1.165) is 24.2 Å². The molecule has 1 aliphatic carbocycles. The Bertz CT molecular complexity index is 464. The molecule has 0 amide bonds. The molecular weight excluding hydrogens is 278 g/mol. The van der Waals surface area contributed by atoms with Gasteiger partial charge < -0.3 is 14.8 Å². The molecular formula is C13H21N3O3S. The van der Waals surface area contributed by atoms with Gasteiger partial charge in [0.25, 0.3) is 0 Å². The Morgan fingerprint density at radius 3 is 2.90 bits per heavy atom. The van der Waals surface area contributed by atoms with Crippen molar-refractivity contribution in [2.24, 2.45) is 11.8 Å². The van der Waals surface area contributed by atoms with Crippen molar-refractivity contribution in [2.75, 3.05) is 5.75 Å². The number of aliphatic carboxylic acids is 1. The average molecular weight is 299 g/mol. The lowest BCUT2D eigenvalue weighted by Gasteiger charge is -2.27. The second kappa shape index (κ2) is 7.08. The van der Waals surface area contributed by atoms with E-state index in [1.54, 1.807) is 0 Å². The summed E-state index contributed by atoms with van der Waals surface area (Å²) in [6.45, 7) is 2.88. The lowest BCUT2D eigenvalue weighted by atomic mass is 9.82.